The fourth-order valence-corrected chi connectivity index (χ4v) is 2.46. The number of hydrogen-bond donors (Lipinski definition) is 0. The summed E-state index contributed by atoms with van der Waals surface area (Å²) in [5, 5.41) is 16.9. The summed E-state index contributed by atoms with van der Waals surface area (Å²) in [5.41, 5.74) is 0. The van der Waals surface area contributed by atoms with Crippen LogP contribution in [0.3, 0.4) is 0 Å². The normalized spacial score (nSPS) is 20.2. The van der Waals surface area contributed by atoms with Gasteiger partial charge in [-0.3, -0.25) is 0 Å². The highest BCUT2D eigenvalue weighted by molar-refractivity contribution is 4.84. The van der Waals surface area contributed by atoms with Crippen molar-refractivity contribution in [1.82, 2.24) is 0 Å². The number of nitrogens with zero attached hydrogens (tertiary/aromatic N) is 2. The minimum atomic E-state index is 0.392. The molecule has 0 aromatic rings. The third-order valence-corrected chi connectivity index (χ3v) is 3.58. The zero-order valence-corrected chi connectivity index (χ0v) is 12.1. The summed E-state index contributed by atoms with van der Waals surface area (Å²) in [5.74, 6) is 0.785. The van der Waals surface area contributed by atoms with Gasteiger partial charge in [0.2, 0.25) is 0 Å². The van der Waals surface area contributed by atoms with Crippen molar-refractivity contribution in [2.24, 2.45) is 11.8 Å². The predicted molar refractivity (Wildman–Crippen MR) is 75.7 cm³/mol. The minimum Gasteiger partial charge on any atom is -0.198 e. The molecule has 2 saturated carbocycles. The SMILES string of the molecule is CC.N#CC1CCCCC1.N#CC1CCCCC1. The molecular weight excluding hydrogens is 220 g/mol. The zero-order valence-electron chi connectivity index (χ0n) is 12.1. The molecule has 0 N–H and O–H groups in total. The van der Waals surface area contributed by atoms with Crippen molar-refractivity contribution in [3.05, 3.63) is 0 Å². The van der Waals surface area contributed by atoms with Crippen LogP contribution in [-0.4, -0.2) is 0 Å². The highest BCUT2D eigenvalue weighted by Gasteiger charge is 2.11. The Morgan fingerprint density at radius 3 is 1.06 bits per heavy atom. The van der Waals surface area contributed by atoms with Crippen molar-refractivity contribution >= 4 is 0 Å². The molecule has 2 aliphatic carbocycles. The molecule has 2 heteroatoms. The van der Waals surface area contributed by atoms with Gasteiger partial charge >= 0.3 is 0 Å². The quantitative estimate of drug-likeness (QED) is 0.591. The Hall–Kier alpha value is -1.02. The Balaban J connectivity index is 0.000000283. The highest BCUT2D eigenvalue weighted by Crippen LogP contribution is 2.22. The van der Waals surface area contributed by atoms with Gasteiger partial charge < -0.3 is 0 Å². The molecule has 0 aliphatic heterocycles. The molecule has 18 heavy (non-hydrogen) atoms. The summed E-state index contributed by atoms with van der Waals surface area (Å²) in [6.07, 6.45) is 12.4. The molecular formula is C16H28N2. The molecule has 2 nitrogen and oxygen atoms in total. The van der Waals surface area contributed by atoms with Crippen LogP contribution in [0.5, 0.6) is 0 Å². The van der Waals surface area contributed by atoms with Crippen molar-refractivity contribution < 1.29 is 0 Å². The lowest BCUT2D eigenvalue weighted by atomic mass is 9.91. The van der Waals surface area contributed by atoms with Crippen LogP contribution in [0.1, 0.15) is 78.1 Å². The molecule has 0 atom stereocenters. The summed E-state index contributed by atoms with van der Waals surface area (Å²) in [6, 6.07) is 4.61. The molecule has 2 aliphatic rings. The van der Waals surface area contributed by atoms with Crippen LogP contribution in [-0.2, 0) is 0 Å². The smallest absolute Gasteiger partial charge is 0.0655 e. The molecule has 0 amide bonds. The van der Waals surface area contributed by atoms with E-state index in [1.165, 1.54) is 38.5 Å². The second-order valence-electron chi connectivity index (χ2n) is 4.93. The van der Waals surface area contributed by atoms with Gasteiger partial charge in [0.25, 0.3) is 0 Å². The topological polar surface area (TPSA) is 47.6 Å². The third kappa shape index (κ3) is 8.13. The number of hydrogen-bond acceptors (Lipinski definition) is 2. The van der Waals surface area contributed by atoms with Crippen LogP contribution in [0.25, 0.3) is 0 Å². The van der Waals surface area contributed by atoms with Gasteiger partial charge in [0.15, 0.2) is 0 Å². The van der Waals surface area contributed by atoms with Crippen LogP contribution in [0.15, 0.2) is 0 Å². The second-order valence-corrected chi connectivity index (χ2v) is 4.93. The summed E-state index contributed by atoms with van der Waals surface area (Å²) < 4.78 is 0. The van der Waals surface area contributed by atoms with Gasteiger partial charge in [-0.2, -0.15) is 10.5 Å². The fourth-order valence-electron chi connectivity index (χ4n) is 2.46. The fraction of sp³-hybridized carbons (Fsp3) is 0.875. The van der Waals surface area contributed by atoms with Crippen LogP contribution in [0.4, 0.5) is 0 Å². The first kappa shape index (κ1) is 17.0. The summed E-state index contributed by atoms with van der Waals surface area (Å²) in [7, 11) is 0. The van der Waals surface area contributed by atoms with E-state index in [0.717, 1.165) is 25.7 Å². The van der Waals surface area contributed by atoms with Gasteiger partial charge in [0, 0.05) is 11.8 Å². The molecule has 0 radical (unpaired) electrons. The van der Waals surface area contributed by atoms with E-state index in [9.17, 15) is 0 Å². The first-order valence-corrected chi connectivity index (χ1v) is 7.66. The Kier molecular flexibility index (Phi) is 11.7. The highest BCUT2D eigenvalue weighted by atomic mass is 14.3. The van der Waals surface area contributed by atoms with Gasteiger partial charge in [-0.25, -0.2) is 0 Å². The van der Waals surface area contributed by atoms with Gasteiger partial charge in [-0.15, -0.1) is 0 Å². The molecule has 2 fully saturated rings. The first-order chi connectivity index (χ1) is 8.86. The van der Waals surface area contributed by atoms with Crippen molar-refractivity contribution in [2.45, 2.75) is 78.1 Å². The van der Waals surface area contributed by atoms with E-state index in [1.807, 2.05) is 13.8 Å². The summed E-state index contributed by atoms with van der Waals surface area (Å²) in [4.78, 5) is 0. The maximum absolute atomic E-state index is 8.44. The van der Waals surface area contributed by atoms with Gasteiger partial charge in [-0.05, 0) is 25.7 Å². The Labute approximate surface area is 113 Å². The molecule has 0 unspecified atom stereocenters. The third-order valence-electron chi connectivity index (χ3n) is 3.58. The van der Waals surface area contributed by atoms with E-state index in [2.05, 4.69) is 12.1 Å². The van der Waals surface area contributed by atoms with Crippen LogP contribution in [0, 0.1) is 34.5 Å². The molecule has 0 aromatic heterocycles. The lowest BCUT2D eigenvalue weighted by Crippen LogP contribution is -2.02. The summed E-state index contributed by atoms with van der Waals surface area (Å²) in [6.45, 7) is 4.00. The van der Waals surface area contributed by atoms with E-state index in [1.54, 1.807) is 0 Å². The van der Waals surface area contributed by atoms with E-state index in [0.29, 0.717) is 11.8 Å². The van der Waals surface area contributed by atoms with Crippen molar-refractivity contribution in [3.8, 4) is 12.1 Å². The first-order valence-electron chi connectivity index (χ1n) is 7.66. The van der Waals surface area contributed by atoms with E-state index in [-0.39, 0.29) is 0 Å². The molecule has 0 bridgehead atoms. The van der Waals surface area contributed by atoms with Gasteiger partial charge in [0.05, 0.1) is 12.1 Å². The monoisotopic (exact) mass is 248 g/mol. The Morgan fingerprint density at radius 1 is 0.611 bits per heavy atom. The predicted octanol–water partition coefficient (Wildman–Crippen LogP) is 5.21. The lowest BCUT2D eigenvalue weighted by Gasteiger charge is -2.13. The minimum absolute atomic E-state index is 0.392. The number of nitriles is 2. The van der Waals surface area contributed by atoms with Crippen LogP contribution in [0.2, 0.25) is 0 Å². The van der Waals surface area contributed by atoms with E-state index >= 15 is 0 Å². The van der Waals surface area contributed by atoms with E-state index in [4.69, 9.17) is 10.5 Å². The van der Waals surface area contributed by atoms with Gasteiger partial charge in [0.1, 0.15) is 0 Å². The lowest BCUT2D eigenvalue weighted by molar-refractivity contribution is 0.427. The second kappa shape index (κ2) is 12.4. The molecule has 0 saturated heterocycles. The Bertz CT molecular complexity index is 219. The van der Waals surface area contributed by atoms with Crippen LogP contribution >= 0.6 is 0 Å². The summed E-state index contributed by atoms with van der Waals surface area (Å²) >= 11 is 0. The van der Waals surface area contributed by atoms with Crippen molar-refractivity contribution in [3.63, 3.8) is 0 Å². The maximum Gasteiger partial charge on any atom is 0.0655 e. The van der Waals surface area contributed by atoms with E-state index < -0.39 is 0 Å². The van der Waals surface area contributed by atoms with Gasteiger partial charge in [-0.1, -0.05) is 52.4 Å². The standard InChI is InChI=1S/2C7H11N.C2H6/c2*8-6-7-4-2-1-3-5-7;1-2/h2*7H,1-5H2;1-2H3. The largest absolute Gasteiger partial charge is 0.198 e. The molecule has 2 rings (SSSR count). The Morgan fingerprint density at radius 2 is 0.889 bits per heavy atom. The molecule has 102 valence electrons. The maximum atomic E-state index is 8.44. The molecule has 0 spiro atoms. The zero-order chi connectivity index (χ0) is 13.6. The van der Waals surface area contributed by atoms with Crippen LogP contribution < -0.4 is 0 Å². The average Bonchev–Trinajstić information content (AvgIpc) is 2.51. The molecule has 0 aromatic carbocycles. The van der Waals surface area contributed by atoms with Crippen molar-refractivity contribution in [1.29, 1.82) is 10.5 Å². The average molecular weight is 248 g/mol. The number of rotatable bonds is 0. The van der Waals surface area contributed by atoms with Crippen molar-refractivity contribution in [2.75, 3.05) is 0 Å². The molecule has 0 heterocycles.